The molecule has 6 rings (SSSR count). The van der Waals surface area contributed by atoms with Gasteiger partial charge in [-0.1, -0.05) is 11.3 Å². The zero-order chi connectivity index (χ0) is 20.9. The molecule has 4 aromatic heterocycles. The summed E-state index contributed by atoms with van der Waals surface area (Å²) in [5.41, 5.74) is 6.11. The molecule has 6 heterocycles. The third kappa shape index (κ3) is 2.82. The van der Waals surface area contributed by atoms with Crippen LogP contribution in [0.2, 0.25) is 0 Å². The average Bonchev–Trinajstić information content (AvgIpc) is 3.61. The van der Waals surface area contributed by atoms with Crippen LogP contribution in [0.25, 0.3) is 27.5 Å². The first kappa shape index (κ1) is 17.9. The molecule has 10 heteroatoms. The van der Waals surface area contributed by atoms with Crippen molar-refractivity contribution in [2.45, 2.75) is 12.5 Å². The number of pyridine rings is 1. The largest absolute Gasteiger partial charge is 0.387 e. The molecule has 0 spiro atoms. The van der Waals surface area contributed by atoms with Crippen LogP contribution in [-0.4, -0.2) is 44.4 Å². The van der Waals surface area contributed by atoms with Gasteiger partial charge < -0.3 is 15.5 Å². The fourth-order valence-electron chi connectivity index (χ4n) is 4.09. The molecular weight excluding hydrogens is 410 g/mol. The number of nitrogens with one attached hydrogen (secondary N) is 2. The smallest absolute Gasteiger partial charge is 0.212 e. The van der Waals surface area contributed by atoms with Gasteiger partial charge in [-0.15, -0.1) is 10.2 Å². The Morgan fingerprint density at radius 1 is 1.26 bits per heavy atom. The Kier molecular flexibility index (Phi) is 3.91. The molecule has 0 aliphatic carbocycles. The Bertz CT molecular complexity index is 1390. The number of hydrogen-bond acceptors (Lipinski definition) is 9. The van der Waals surface area contributed by atoms with E-state index in [-0.39, 0.29) is 0 Å². The molecule has 0 radical (unpaired) electrons. The van der Waals surface area contributed by atoms with Gasteiger partial charge in [-0.3, -0.25) is 4.98 Å². The zero-order valence-corrected chi connectivity index (χ0v) is 17.4. The molecule has 0 aromatic carbocycles. The van der Waals surface area contributed by atoms with Crippen molar-refractivity contribution in [2.75, 3.05) is 23.8 Å². The fraction of sp³-hybridized carbons (Fsp3) is 0.190. The highest BCUT2D eigenvalue weighted by Crippen LogP contribution is 2.38. The first-order valence-electron chi connectivity index (χ1n) is 9.86. The van der Waals surface area contributed by atoms with Gasteiger partial charge in [0, 0.05) is 49.8 Å². The molecule has 2 bridgehead atoms. The van der Waals surface area contributed by atoms with Crippen LogP contribution in [0.3, 0.4) is 0 Å². The Balaban J connectivity index is 1.36. The fourth-order valence-corrected chi connectivity index (χ4v) is 5.00. The lowest BCUT2D eigenvalue weighted by molar-refractivity contribution is 0.666. The van der Waals surface area contributed by atoms with E-state index in [0.29, 0.717) is 11.6 Å². The molecule has 0 amide bonds. The molecule has 1 atom stereocenters. The highest BCUT2D eigenvalue weighted by molar-refractivity contribution is 7.18. The monoisotopic (exact) mass is 427 g/mol. The Morgan fingerprint density at radius 2 is 2.19 bits per heavy atom. The first-order valence-corrected chi connectivity index (χ1v) is 10.7. The quantitative estimate of drug-likeness (QED) is 0.512. The maximum atomic E-state index is 9.09. The van der Waals surface area contributed by atoms with Crippen LogP contribution in [-0.2, 0) is 0 Å². The minimum Gasteiger partial charge on any atom is -0.387 e. The Hall–Kier alpha value is -3.97. The number of nitrogens with zero attached hydrogens (tertiary/aromatic N) is 7. The molecule has 4 aromatic rings. The lowest BCUT2D eigenvalue weighted by atomic mass is 10.2. The van der Waals surface area contributed by atoms with E-state index in [4.69, 9.17) is 5.26 Å². The lowest BCUT2D eigenvalue weighted by Crippen LogP contribution is -2.32. The number of hydrogen-bond donors (Lipinski definition) is 2. The van der Waals surface area contributed by atoms with E-state index in [0.717, 1.165) is 51.3 Å². The van der Waals surface area contributed by atoms with Crippen LogP contribution in [0.4, 0.5) is 10.8 Å². The number of rotatable bonds is 4. The van der Waals surface area contributed by atoms with Crippen LogP contribution in [0.15, 0.2) is 48.6 Å². The molecular formula is C21H17N9S. The summed E-state index contributed by atoms with van der Waals surface area (Å²) in [6, 6.07) is 10.3. The molecule has 1 unspecified atom stereocenters. The number of nitriles is 1. The highest BCUT2D eigenvalue weighted by Gasteiger charge is 2.33. The highest BCUT2D eigenvalue weighted by atomic mass is 32.1. The predicted molar refractivity (Wildman–Crippen MR) is 119 cm³/mol. The van der Waals surface area contributed by atoms with Gasteiger partial charge in [-0.05, 0) is 24.3 Å². The van der Waals surface area contributed by atoms with Gasteiger partial charge in [0.05, 0.1) is 34.2 Å². The molecule has 152 valence electrons. The van der Waals surface area contributed by atoms with Gasteiger partial charge in [0.15, 0.2) is 5.01 Å². The molecule has 31 heavy (non-hydrogen) atoms. The minimum atomic E-state index is 0.478. The summed E-state index contributed by atoms with van der Waals surface area (Å²) < 4.78 is 1.79. The molecule has 1 saturated heterocycles. The van der Waals surface area contributed by atoms with E-state index in [1.807, 2.05) is 37.5 Å². The second-order valence-corrected chi connectivity index (χ2v) is 8.44. The maximum Gasteiger partial charge on any atom is 0.212 e. The number of fused-ring (bicyclic) bond motifs is 3. The third-order valence-electron chi connectivity index (χ3n) is 5.63. The van der Waals surface area contributed by atoms with Gasteiger partial charge >= 0.3 is 0 Å². The van der Waals surface area contributed by atoms with Gasteiger partial charge in [0.1, 0.15) is 6.07 Å². The van der Waals surface area contributed by atoms with E-state index in [2.05, 4.69) is 48.1 Å². The van der Waals surface area contributed by atoms with E-state index in [1.54, 1.807) is 22.0 Å². The van der Waals surface area contributed by atoms with Crippen molar-refractivity contribution >= 4 is 27.7 Å². The van der Waals surface area contributed by atoms with Crippen molar-refractivity contribution in [3.05, 3.63) is 54.1 Å². The van der Waals surface area contributed by atoms with Gasteiger partial charge in [-0.25, -0.2) is 4.52 Å². The number of anilines is 2. The maximum absolute atomic E-state index is 9.09. The minimum absolute atomic E-state index is 0.478. The summed E-state index contributed by atoms with van der Waals surface area (Å²) in [5.74, 6) is 0. The van der Waals surface area contributed by atoms with Gasteiger partial charge in [-0.2, -0.15) is 10.4 Å². The second kappa shape index (κ2) is 6.78. The molecule has 9 nitrogen and oxygen atoms in total. The van der Waals surface area contributed by atoms with Crippen molar-refractivity contribution in [1.29, 1.82) is 5.26 Å². The van der Waals surface area contributed by atoms with Crippen LogP contribution in [0.5, 0.6) is 0 Å². The summed E-state index contributed by atoms with van der Waals surface area (Å²) >= 11 is 1.57. The summed E-state index contributed by atoms with van der Waals surface area (Å²) in [4.78, 5) is 6.92. The van der Waals surface area contributed by atoms with Crippen molar-refractivity contribution in [3.63, 3.8) is 0 Å². The summed E-state index contributed by atoms with van der Waals surface area (Å²) in [5, 5.41) is 30.7. The third-order valence-corrected chi connectivity index (χ3v) is 6.61. The average molecular weight is 427 g/mol. The van der Waals surface area contributed by atoms with Crippen LogP contribution in [0.1, 0.15) is 12.0 Å². The molecule has 2 aliphatic heterocycles. The SMILES string of the molecule is CNc1cc(-c2ccc3cc(C#N)cnn23)ncc1-c1nnc(N2CC3CC2=CN3)s1. The number of aromatic nitrogens is 5. The van der Waals surface area contributed by atoms with E-state index < -0.39 is 0 Å². The second-order valence-electron chi connectivity index (χ2n) is 7.48. The summed E-state index contributed by atoms with van der Waals surface area (Å²) in [6.07, 6.45) is 6.50. The summed E-state index contributed by atoms with van der Waals surface area (Å²) in [6.45, 7) is 0.929. The zero-order valence-electron chi connectivity index (χ0n) is 16.6. The van der Waals surface area contributed by atoms with Crippen molar-refractivity contribution in [3.8, 4) is 28.0 Å². The predicted octanol–water partition coefficient (Wildman–Crippen LogP) is 2.85. The topological polar surface area (TPSA) is 107 Å². The molecule has 2 aliphatic rings. The molecule has 1 fully saturated rings. The van der Waals surface area contributed by atoms with Gasteiger partial charge in [0.2, 0.25) is 5.13 Å². The van der Waals surface area contributed by atoms with E-state index in [9.17, 15) is 0 Å². The summed E-state index contributed by atoms with van der Waals surface area (Å²) in [7, 11) is 1.88. The Morgan fingerprint density at radius 3 is 2.97 bits per heavy atom. The molecule has 2 N–H and O–H groups in total. The van der Waals surface area contributed by atoms with E-state index >= 15 is 0 Å². The normalized spacial score (nSPS) is 17.0. The van der Waals surface area contributed by atoms with Crippen molar-refractivity contribution in [1.82, 2.24) is 30.1 Å². The van der Waals surface area contributed by atoms with Crippen LogP contribution < -0.4 is 15.5 Å². The Labute approximate surface area is 181 Å². The lowest BCUT2D eigenvalue weighted by Gasteiger charge is -2.19. The van der Waals surface area contributed by atoms with Gasteiger partial charge in [0.25, 0.3) is 0 Å². The van der Waals surface area contributed by atoms with Crippen molar-refractivity contribution < 1.29 is 0 Å². The first-order chi connectivity index (χ1) is 15.2. The standard InChI is InChI=1S/C21H17N9S/c1-23-17-6-18(19-3-2-14-4-12(7-22)8-26-30(14)19)25-10-16(17)20-27-28-21(31-20)29-11-13-5-15(29)9-24-13/h2-4,6,8-10,13,24H,5,11H2,1H3,(H,23,25). The van der Waals surface area contributed by atoms with Crippen molar-refractivity contribution in [2.24, 2.45) is 0 Å². The molecule has 0 saturated carbocycles. The van der Waals surface area contributed by atoms with Crippen LogP contribution in [0, 0.1) is 11.3 Å². The van der Waals surface area contributed by atoms with Crippen LogP contribution >= 0.6 is 11.3 Å². The van der Waals surface area contributed by atoms with E-state index in [1.165, 1.54) is 5.70 Å².